The number of halogens is 2. The molecule has 4 nitrogen and oxygen atoms in total. The first-order valence-corrected chi connectivity index (χ1v) is 10.6. The molecular weight excluding hydrogens is 400 g/mol. The number of benzene rings is 3. The fraction of sp³-hybridized carbons (Fsp3) is 0.360. The first-order valence-electron chi connectivity index (χ1n) is 10.6. The molecule has 6 heteroatoms. The quantitative estimate of drug-likeness (QED) is 0.584. The Morgan fingerprint density at radius 2 is 1.71 bits per heavy atom. The van der Waals surface area contributed by atoms with Crippen LogP contribution in [-0.4, -0.2) is 53.4 Å². The molecule has 0 aromatic heterocycles. The highest BCUT2D eigenvalue weighted by Gasteiger charge is 2.35. The summed E-state index contributed by atoms with van der Waals surface area (Å²) in [7, 11) is 0. The minimum absolute atomic E-state index is 0.0264. The first-order chi connectivity index (χ1) is 15.0. The van der Waals surface area contributed by atoms with Crippen LogP contribution in [0.4, 0.5) is 8.78 Å². The van der Waals surface area contributed by atoms with E-state index in [1.54, 1.807) is 4.90 Å². The van der Waals surface area contributed by atoms with Gasteiger partial charge in [0.2, 0.25) is 0 Å². The van der Waals surface area contributed by atoms with Crippen LogP contribution in [0, 0.1) is 0 Å². The lowest BCUT2D eigenvalue weighted by molar-refractivity contribution is -0.0736. The lowest BCUT2D eigenvalue weighted by Crippen LogP contribution is -2.46. The summed E-state index contributed by atoms with van der Waals surface area (Å²) in [6, 6.07) is 19.3. The van der Waals surface area contributed by atoms with Gasteiger partial charge in [0.1, 0.15) is 18.5 Å². The fourth-order valence-corrected chi connectivity index (χ4v) is 4.29. The van der Waals surface area contributed by atoms with E-state index in [0.29, 0.717) is 18.7 Å². The number of rotatable bonds is 7. The molecule has 2 N–H and O–H groups in total. The second-order valence-electron chi connectivity index (χ2n) is 8.13. The molecule has 1 saturated heterocycles. The van der Waals surface area contributed by atoms with Crippen LogP contribution in [0.25, 0.3) is 21.9 Å². The van der Waals surface area contributed by atoms with Crippen molar-refractivity contribution in [1.29, 1.82) is 0 Å². The van der Waals surface area contributed by atoms with Gasteiger partial charge in [0.05, 0.1) is 13.2 Å². The second kappa shape index (κ2) is 9.30. The Bertz CT molecular complexity index is 1040. The fourth-order valence-electron chi connectivity index (χ4n) is 4.29. The molecular formula is C25H27F2NO3. The smallest absolute Gasteiger partial charge is 0.260 e. The van der Waals surface area contributed by atoms with E-state index in [1.165, 1.54) is 0 Å². The van der Waals surface area contributed by atoms with Crippen LogP contribution >= 0.6 is 0 Å². The van der Waals surface area contributed by atoms with E-state index >= 15 is 0 Å². The van der Waals surface area contributed by atoms with Gasteiger partial charge in [-0.1, -0.05) is 54.6 Å². The summed E-state index contributed by atoms with van der Waals surface area (Å²) < 4.78 is 33.1. The van der Waals surface area contributed by atoms with Crippen molar-refractivity contribution in [1.82, 2.24) is 4.90 Å². The zero-order valence-electron chi connectivity index (χ0n) is 17.3. The number of likely N-dealkylation sites (tertiary alicyclic amines) is 1. The Morgan fingerprint density at radius 3 is 2.48 bits per heavy atom. The van der Waals surface area contributed by atoms with Crippen molar-refractivity contribution in [3.8, 4) is 16.9 Å². The Kier molecular flexibility index (Phi) is 6.51. The molecule has 0 aliphatic carbocycles. The molecule has 31 heavy (non-hydrogen) atoms. The molecule has 164 valence electrons. The van der Waals surface area contributed by atoms with Crippen LogP contribution in [0.1, 0.15) is 18.4 Å². The van der Waals surface area contributed by atoms with Crippen LogP contribution < -0.4 is 4.74 Å². The van der Waals surface area contributed by atoms with Gasteiger partial charge in [0, 0.05) is 18.4 Å². The van der Waals surface area contributed by atoms with Crippen molar-refractivity contribution in [2.45, 2.75) is 31.5 Å². The number of fused-ring (bicyclic) bond motifs is 1. The molecule has 0 bridgehead atoms. The molecule has 1 unspecified atom stereocenters. The average Bonchev–Trinajstić information content (AvgIpc) is 2.76. The molecule has 1 heterocycles. The number of ether oxygens (including phenoxy) is 1. The van der Waals surface area contributed by atoms with Crippen LogP contribution in [0.5, 0.6) is 5.75 Å². The van der Waals surface area contributed by atoms with Gasteiger partial charge in [-0.05, 0) is 41.1 Å². The Morgan fingerprint density at radius 1 is 0.968 bits per heavy atom. The van der Waals surface area contributed by atoms with E-state index in [0.717, 1.165) is 27.5 Å². The van der Waals surface area contributed by atoms with Crippen LogP contribution in [-0.2, 0) is 6.61 Å². The molecule has 0 radical (unpaired) electrons. The first kappa shape index (κ1) is 21.7. The third-order valence-electron chi connectivity index (χ3n) is 5.73. The minimum Gasteiger partial charge on any atom is -0.490 e. The van der Waals surface area contributed by atoms with Gasteiger partial charge < -0.3 is 14.9 Å². The van der Waals surface area contributed by atoms with Crippen molar-refractivity contribution < 1.29 is 23.7 Å². The van der Waals surface area contributed by atoms with E-state index in [1.807, 2.05) is 60.7 Å². The van der Waals surface area contributed by atoms with E-state index in [4.69, 9.17) is 4.74 Å². The number of β-amino-alcohol motifs (C(OH)–C–C–N with tert-alkyl or cyclic N) is 1. The van der Waals surface area contributed by atoms with Gasteiger partial charge in [-0.15, -0.1) is 0 Å². The van der Waals surface area contributed by atoms with Gasteiger partial charge in [0.25, 0.3) is 5.92 Å². The lowest BCUT2D eigenvalue weighted by atomic mass is 9.94. The number of hydrogen-bond donors (Lipinski definition) is 2. The van der Waals surface area contributed by atoms with Crippen LogP contribution in [0.2, 0.25) is 0 Å². The number of alkyl halides is 2. The molecule has 3 aromatic carbocycles. The molecule has 4 rings (SSSR count). The molecule has 1 aliphatic heterocycles. The number of nitrogens with zero attached hydrogens (tertiary/aromatic N) is 1. The molecule has 0 saturated carbocycles. The predicted octanol–water partition coefficient (Wildman–Crippen LogP) is 4.47. The number of aliphatic hydroxyl groups is 2. The SMILES string of the molecule is OCc1ccccc1-c1ccc(OCC(O)CN2CCCC(F)(F)C2)c2ccccc12. The molecule has 1 atom stereocenters. The van der Waals surface area contributed by atoms with Gasteiger partial charge in [-0.3, -0.25) is 4.90 Å². The summed E-state index contributed by atoms with van der Waals surface area (Å²) in [6.45, 7) is 0.388. The summed E-state index contributed by atoms with van der Waals surface area (Å²) >= 11 is 0. The van der Waals surface area contributed by atoms with Crippen molar-refractivity contribution in [2.75, 3.05) is 26.2 Å². The molecule has 1 fully saturated rings. The summed E-state index contributed by atoms with van der Waals surface area (Å²) in [5.74, 6) is -2.06. The highest BCUT2D eigenvalue weighted by molar-refractivity contribution is 6.00. The largest absolute Gasteiger partial charge is 0.490 e. The summed E-state index contributed by atoms with van der Waals surface area (Å²) in [5.41, 5.74) is 2.79. The van der Waals surface area contributed by atoms with E-state index in [9.17, 15) is 19.0 Å². The van der Waals surface area contributed by atoms with Crippen molar-refractivity contribution in [2.24, 2.45) is 0 Å². The maximum Gasteiger partial charge on any atom is 0.260 e. The summed E-state index contributed by atoms with van der Waals surface area (Å²) in [6.07, 6.45) is -0.516. The van der Waals surface area contributed by atoms with Crippen molar-refractivity contribution in [3.05, 3.63) is 66.2 Å². The minimum atomic E-state index is -2.68. The highest BCUT2D eigenvalue weighted by atomic mass is 19.3. The maximum absolute atomic E-state index is 13.6. The van der Waals surface area contributed by atoms with E-state index in [2.05, 4.69) is 0 Å². The summed E-state index contributed by atoms with van der Waals surface area (Å²) in [4.78, 5) is 1.60. The standard InChI is InChI=1S/C25H27F2NO3/c26-25(27)12-5-13-28(17-25)14-19(30)16-31-24-11-10-22(21-8-3-4-9-23(21)24)20-7-2-1-6-18(20)15-29/h1-4,6-11,19,29-30H,5,12-17H2. The van der Waals surface area contributed by atoms with Gasteiger partial charge >= 0.3 is 0 Å². The zero-order chi connectivity index (χ0) is 21.8. The lowest BCUT2D eigenvalue weighted by Gasteiger charge is -2.33. The van der Waals surface area contributed by atoms with Gasteiger partial charge in [-0.25, -0.2) is 8.78 Å². The predicted molar refractivity (Wildman–Crippen MR) is 117 cm³/mol. The monoisotopic (exact) mass is 427 g/mol. The molecule has 3 aromatic rings. The average molecular weight is 427 g/mol. The van der Waals surface area contributed by atoms with Crippen molar-refractivity contribution in [3.63, 3.8) is 0 Å². The second-order valence-corrected chi connectivity index (χ2v) is 8.13. The molecule has 0 amide bonds. The Labute approximate surface area is 180 Å². The third kappa shape index (κ3) is 5.03. The van der Waals surface area contributed by atoms with E-state index < -0.39 is 12.0 Å². The van der Waals surface area contributed by atoms with Crippen LogP contribution in [0.15, 0.2) is 60.7 Å². The van der Waals surface area contributed by atoms with E-state index in [-0.39, 0.29) is 32.7 Å². The zero-order valence-corrected chi connectivity index (χ0v) is 17.3. The topological polar surface area (TPSA) is 52.9 Å². The summed E-state index contributed by atoms with van der Waals surface area (Å²) in [5, 5.41) is 22.0. The number of aliphatic hydroxyl groups excluding tert-OH is 2. The number of hydrogen-bond acceptors (Lipinski definition) is 4. The highest BCUT2D eigenvalue weighted by Crippen LogP contribution is 2.36. The number of piperidine rings is 1. The molecule has 0 spiro atoms. The van der Waals surface area contributed by atoms with Crippen molar-refractivity contribution >= 4 is 10.8 Å². The van der Waals surface area contributed by atoms with Gasteiger partial charge in [0.15, 0.2) is 0 Å². The normalized spacial score (nSPS) is 17.5. The third-order valence-corrected chi connectivity index (χ3v) is 5.73. The Balaban J connectivity index is 1.52. The molecule has 1 aliphatic rings. The van der Waals surface area contributed by atoms with Gasteiger partial charge in [-0.2, -0.15) is 0 Å². The maximum atomic E-state index is 13.6. The Hall–Kier alpha value is -2.54. The van der Waals surface area contributed by atoms with Crippen LogP contribution in [0.3, 0.4) is 0 Å².